The van der Waals surface area contributed by atoms with Gasteiger partial charge in [-0.15, -0.1) is 0 Å². The first-order valence-electron chi connectivity index (χ1n) is 6.77. The number of nitrogens with zero attached hydrogens (tertiary/aromatic N) is 2. The van der Waals surface area contributed by atoms with Gasteiger partial charge in [0.25, 0.3) is 0 Å². The molecule has 2 rings (SSSR count). The molecule has 112 valence electrons. The normalized spacial score (nSPS) is 10.4. The minimum Gasteiger partial charge on any atom is -0.465 e. The maximum absolute atomic E-state index is 11.5. The van der Waals surface area contributed by atoms with Crippen LogP contribution in [0.1, 0.15) is 29.5 Å². The second-order valence-corrected chi connectivity index (χ2v) is 4.98. The molecule has 0 saturated carbocycles. The highest BCUT2D eigenvalue weighted by atomic mass is 35.5. The summed E-state index contributed by atoms with van der Waals surface area (Å²) in [5, 5.41) is 3.76. The Morgan fingerprint density at radius 2 is 2.29 bits per heavy atom. The maximum Gasteiger partial charge on any atom is 0.337 e. The molecule has 0 saturated heterocycles. The molecule has 1 aromatic heterocycles. The summed E-state index contributed by atoms with van der Waals surface area (Å²) in [4.78, 5) is 15.9. The summed E-state index contributed by atoms with van der Waals surface area (Å²) in [6.07, 6.45) is 4.77. The summed E-state index contributed by atoms with van der Waals surface area (Å²) in [7, 11) is 1.35. The summed E-state index contributed by atoms with van der Waals surface area (Å²) in [5.41, 5.74) is 1.15. The van der Waals surface area contributed by atoms with Gasteiger partial charge in [0.15, 0.2) is 0 Å². The number of halogens is 1. The van der Waals surface area contributed by atoms with Crippen molar-refractivity contribution < 1.29 is 9.53 Å². The zero-order valence-electron chi connectivity index (χ0n) is 12.1. The van der Waals surface area contributed by atoms with E-state index >= 15 is 0 Å². The van der Waals surface area contributed by atoms with E-state index in [1.54, 1.807) is 24.4 Å². The number of nitrogens with one attached hydrogen (secondary N) is 1. The van der Waals surface area contributed by atoms with Gasteiger partial charge in [-0.3, -0.25) is 0 Å². The van der Waals surface area contributed by atoms with Crippen molar-refractivity contribution in [1.29, 1.82) is 0 Å². The molecule has 0 amide bonds. The van der Waals surface area contributed by atoms with Crippen molar-refractivity contribution in [3.63, 3.8) is 0 Å². The first-order chi connectivity index (χ1) is 10.2. The van der Waals surface area contributed by atoms with Crippen molar-refractivity contribution in [2.45, 2.75) is 26.4 Å². The first kappa shape index (κ1) is 15.4. The van der Waals surface area contributed by atoms with E-state index in [2.05, 4.69) is 21.8 Å². The van der Waals surface area contributed by atoms with Gasteiger partial charge in [0, 0.05) is 18.9 Å². The third-order valence-electron chi connectivity index (χ3n) is 3.09. The molecule has 0 unspecified atom stereocenters. The largest absolute Gasteiger partial charge is 0.465 e. The van der Waals surface area contributed by atoms with E-state index in [1.807, 2.05) is 6.20 Å². The van der Waals surface area contributed by atoms with E-state index in [9.17, 15) is 4.79 Å². The average molecular weight is 308 g/mol. The molecule has 6 heteroatoms. The Balaban J connectivity index is 2.12. The van der Waals surface area contributed by atoms with E-state index < -0.39 is 0 Å². The molecule has 0 fully saturated rings. The van der Waals surface area contributed by atoms with Gasteiger partial charge in [-0.2, -0.15) is 0 Å². The lowest BCUT2D eigenvalue weighted by atomic mass is 10.2. The number of benzene rings is 1. The molecule has 0 aliphatic rings. The van der Waals surface area contributed by atoms with Crippen LogP contribution in [-0.2, 0) is 17.8 Å². The van der Waals surface area contributed by atoms with Gasteiger partial charge in [0.1, 0.15) is 5.82 Å². The molecule has 0 atom stereocenters. The Hall–Kier alpha value is -2.01. The molecule has 0 aliphatic carbocycles. The molecule has 0 spiro atoms. The van der Waals surface area contributed by atoms with Gasteiger partial charge in [0.05, 0.1) is 29.9 Å². The number of aromatic nitrogens is 2. The highest BCUT2D eigenvalue weighted by Gasteiger charge is 2.09. The number of hydrogen-bond donors (Lipinski definition) is 1. The average Bonchev–Trinajstić information content (AvgIpc) is 2.93. The molecule has 0 bridgehead atoms. The van der Waals surface area contributed by atoms with E-state index in [1.165, 1.54) is 7.11 Å². The maximum atomic E-state index is 11.5. The Morgan fingerprint density at radius 3 is 3.00 bits per heavy atom. The highest BCUT2D eigenvalue weighted by molar-refractivity contribution is 6.33. The third-order valence-corrected chi connectivity index (χ3v) is 3.42. The van der Waals surface area contributed by atoms with Gasteiger partial charge in [-0.25, -0.2) is 9.78 Å². The molecule has 1 aromatic carbocycles. The smallest absolute Gasteiger partial charge is 0.337 e. The zero-order chi connectivity index (χ0) is 15.2. The molecule has 2 aromatic rings. The fraction of sp³-hybridized carbons (Fsp3) is 0.333. The Bertz CT molecular complexity index is 625. The van der Waals surface area contributed by atoms with Crippen LogP contribution in [0, 0.1) is 0 Å². The Kier molecular flexibility index (Phi) is 5.22. The SMILES string of the molecule is CCCn1ccnc1CNc1cc(C(=O)OC)ccc1Cl. The summed E-state index contributed by atoms with van der Waals surface area (Å²) >= 11 is 6.14. The van der Waals surface area contributed by atoms with Crippen molar-refractivity contribution in [2.24, 2.45) is 0 Å². The van der Waals surface area contributed by atoms with Crippen LogP contribution < -0.4 is 5.32 Å². The predicted molar refractivity (Wildman–Crippen MR) is 82.6 cm³/mol. The number of aryl methyl sites for hydroxylation is 1. The summed E-state index contributed by atoms with van der Waals surface area (Å²) in [5.74, 6) is 0.540. The number of imidazole rings is 1. The van der Waals surface area contributed by atoms with Crippen molar-refractivity contribution >= 4 is 23.3 Å². The lowest BCUT2D eigenvalue weighted by Gasteiger charge is -2.11. The van der Waals surface area contributed by atoms with E-state index in [0.717, 1.165) is 18.8 Å². The minimum absolute atomic E-state index is 0.387. The predicted octanol–water partition coefficient (Wildman–Crippen LogP) is 3.35. The Morgan fingerprint density at radius 1 is 1.48 bits per heavy atom. The van der Waals surface area contributed by atoms with Crippen LogP contribution in [0.25, 0.3) is 0 Å². The molecule has 1 heterocycles. The number of rotatable bonds is 6. The molecule has 0 aliphatic heterocycles. The van der Waals surface area contributed by atoms with Crippen LogP contribution in [-0.4, -0.2) is 22.6 Å². The second-order valence-electron chi connectivity index (χ2n) is 4.58. The lowest BCUT2D eigenvalue weighted by molar-refractivity contribution is 0.0601. The van der Waals surface area contributed by atoms with Gasteiger partial charge < -0.3 is 14.6 Å². The van der Waals surface area contributed by atoms with E-state index in [4.69, 9.17) is 16.3 Å². The van der Waals surface area contributed by atoms with Gasteiger partial charge in [-0.05, 0) is 24.6 Å². The minimum atomic E-state index is -0.387. The highest BCUT2D eigenvalue weighted by Crippen LogP contribution is 2.24. The lowest BCUT2D eigenvalue weighted by Crippen LogP contribution is -2.09. The number of anilines is 1. The van der Waals surface area contributed by atoms with Crippen LogP contribution in [0.2, 0.25) is 5.02 Å². The number of carbonyl (C=O) groups excluding carboxylic acids is 1. The summed E-state index contributed by atoms with van der Waals surface area (Å²) in [6, 6.07) is 4.99. The Labute approximate surface area is 128 Å². The first-order valence-corrected chi connectivity index (χ1v) is 7.15. The standard InChI is InChI=1S/C15H18ClN3O2/c1-3-7-19-8-6-17-14(19)10-18-13-9-11(15(20)21-2)4-5-12(13)16/h4-6,8-9,18H,3,7,10H2,1-2H3. The zero-order valence-corrected chi connectivity index (χ0v) is 12.9. The number of esters is 1. The van der Waals surface area contributed by atoms with Crippen LogP contribution in [0.4, 0.5) is 5.69 Å². The van der Waals surface area contributed by atoms with Crippen LogP contribution >= 0.6 is 11.6 Å². The number of hydrogen-bond acceptors (Lipinski definition) is 4. The van der Waals surface area contributed by atoms with Crippen LogP contribution in [0.15, 0.2) is 30.6 Å². The van der Waals surface area contributed by atoms with Crippen molar-refractivity contribution in [3.05, 3.63) is 47.0 Å². The third kappa shape index (κ3) is 3.76. The van der Waals surface area contributed by atoms with Gasteiger partial charge in [0.2, 0.25) is 0 Å². The topological polar surface area (TPSA) is 56.2 Å². The van der Waals surface area contributed by atoms with Gasteiger partial charge >= 0.3 is 5.97 Å². The van der Waals surface area contributed by atoms with Gasteiger partial charge in [-0.1, -0.05) is 18.5 Å². The number of methoxy groups -OCH3 is 1. The molecular formula is C15H18ClN3O2. The molecule has 5 nitrogen and oxygen atoms in total. The van der Waals surface area contributed by atoms with Crippen molar-refractivity contribution in [3.8, 4) is 0 Å². The number of ether oxygens (including phenoxy) is 1. The van der Waals surface area contributed by atoms with E-state index in [-0.39, 0.29) is 5.97 Å². The molecule has 0 radical (unpaired) electrons. The monoisotopic (exact) mass is 307 g/mol. The quantitative estimate of drug-likeness (QED) is 0.832. The molecule has 1 N–H and O–H groups in total. The molecular weight excluding hydrogens is 290 g/mol. The van der Waals surface area contributed by atoms with Crippen molar-refractivity contribution in [2.75, 3.05) is 12.4 Å². The fourth-order valence-corrected chi connectivity index (χ4v) is 2.22. The molecule has 21 heavy (non-hydrogen) atoms. The van der Waals surface area contributed by atoms with Crippen LogP contribution in [0.5, 0.6) is 0 Å². The summed E-state index contributed by atoms with van der Waals surface area (Å²) < 4.78 is 6.79. The van der Waals surface area contributed by atoms with Crippen molar-refractivity contribution in [1.82, 2.24) is 9.55 Å². The number of carbonyl (C=O) groups is 1. The summed E-state index contributed by atoms with van der Waals surface area (Å²) in [6.45, 7) is 3.58. The second kappa shape index (κ2) is 7.13. The van der Waals surface area contributed by atoms with E-state index in [0.29, 0.717) is 22.8 Å². The van der Waals surface area contributed by atoms with Crippen LogP contribution in [0.3, 0.4) is 0 Å². The fourth-order valence-electron chi connectivity index (χ4n) is 2.03.